The molecule has 7 heteroatoms. The third-order valence-corrected chi connectivity index (χ3v) is 5.08. The van der Waals surface area contributed by atoms with Gasteiger partial charge < -0.3 is 10.1 Å². The molecule has 0 aromatic heterocycles. The number of amides is 1. The molecule has 29 heavy (non-hydrogen) atoms. The third-order valence-electron chi connectivity index (χ3n) is 4.49. The molecule has 0 saturated carbocycles. The molecule has 2 aromatic rings. The zero-order valence-corrected chi connectivity index (χ0v) is 18.5. The van der Waals surface area contributed by atoms with Gasteiger partial charge in [-0.25, -0.2) is 8.42 Å². The maximum Gasteiger partial charge on any atom is 0.251 e. The number of hydrogen-bond donors (Lipinski definition) is 2. The molecule has 2 N–H and O–H groups in total. The second-order valence-corrected chi connectivity index (χ2v) is 9.45. The second-order valence-electron chi connectivity index (χ2n) is 7.70. The minimum atomic E-state index is -3.42. The van der Waals surface area contributed by atoms with Gasteiger partial charge in [0.1, 0.15) is 5.75 Å². The molecular weight excluding hydrogens is 388 g/mol. The molecule has 1 unspecified atom stereocenters. The van der Waals surface area contributed by atoms with Crippen LogP contribution in [0.5, 0.6) is 5.75 Å². The number of rotatable bonds is 9. The van der Waals surface area contributed by atoms with Crippen molar-refractivity contribution in [2.75, 3.05) is 17.6 Å². The van der Waals surface area contributed by atoms with E-state index in [1.54, 1.807) is 25.1 Å². The van der Waals surface area contributed by atoms with Crippen LogP contribution in [0, 0.1) is 12.8 Å². The van der Waals surface area contributed by atoms with Gasteiger partial charge in [-0.05, 0) is 61.6 Å². The van der Waals surface area contributed by atoms with Crippen molar-refractivity contribution >= 4 is 21.6 Å². The van der Waals surface area contributed by atoms with Crippen molar-refractivity contribution in [1.29, 1.82) is 0 Å². The zero-order chi connectivity index (χ0) is 21.6. The number of benzene rings is 2. The van der Waals surface area contributed by atoms with Gasteiger partial charge in [-0.3, -0.25) is 9.52 Å². The molecule has 0 saturated heterocycles. The van der Waals surface area contributed by atoms with Crippen molar-refractivity contribution < 1.29 is 17.9 Å². The lowest BCUT2D eigenvalue weighted by Gasteiger charge is -2.16. The predicted molar refractivity (Wildman–Crippen MR) is 117 cm³/mol. The molecule has 2 aromatic carbocycles. The number of carbonyl (C=O) groups excluding carboxylic acids is 1. The highest BCUT2D eigenvalue weighted by molar-refractivity contribution is 7.92. The number of nitrogens with one attached hydrogen (secondary N) is 2. The number of sulfonamides is 1. The Morgan fingerprint density at radius 2 is 1.72 bits per heavy atom. The highest BCUT2D eigenvalue weighted by Gasteiger charge is 2.14. The summed E-state index contributed by atoms with van der Waals surface area (Å²) in [7, 11) is -3.42. The Bertz CT molecular complexity index is 938. The van der Waals surface area contributed by atoms with E-state index in [0.717, 1.165) is 29.6 Å². The van der Waals surface area contributed by atoms with Gasteiger partial charge in [0.25, 0.3) is 5.91 Å². The summed E-state index contributed by atoms with van der Waals surface area (Å²) in [5, 5.41) is 2.94. The van der Waals surface area contributed by atoms with E-state index in [2.05, 4.69) is 23.9 Å². The quantitative estimate of drug-likeness (QED) is 0.636. The van der Waals surface area contributed by atoms with Gasteiger partial charge in [0.05, 0.1) is 24.6 Å². The van der Waals surface area contributed by atoms with Gasteiger partial charge >= 0.3 is 0 Å². The number of anilines is 1. The van der Waals surface area contributed by atoms with Crippen LogP contribution in [0.1, 0.15) is 54.7 Å². The average Bonchev–Trinajstić information content (AvgIpc) is 2.62. The predicted octanol–water partition coefficient (Wildman–Crippen LogP) is 4.28. The first-order chi connectivity index (χ1) is 13.5. The molecule has 2 rings (SSSR count). The second kappa shape index (κ2) is 9.78. The molecule has 0 spiro atoms. The standard InChI is InChI=1S/C22H30N2O4S/c1-15(2)12-13-28-20-10-8-18(9-11-20)17(4)23-22(25)19-7-6-16(3)21(14-19)24-29(5,26)27/h6-11,14-15,17,24H,12-13H2,1-5H3,(H,23,25). The molecule has 0 aliphatic rings. The first-order valence-electron chi connectivity index (χ1n) is 9.67. The number of hydrogen-bond acceptors (Lipinski definition) is 4. The van der Waals surface area contributed by atoms with Gasteiger partial charge in [0.2, 0.25) is 10.0 Å². The van der Waals surface area contributed by atoms with Crippen molar-refractivity contribution in [2.45, 2.75) is 40.2 Å². The topological polar surface area (TPSA) is 84.5 Å². The van der Waals surface area contributed by atoms with Crippen molar-refractivity contribution in [3.63, 3.8) is 0 Å². The normalized spacial score (nSPS) is 12.5. The molecule has 158 valence electrons. The molecule has 0 bridgehead atoms. The SMILES string of the molecule is Cc1ccc(C(=O)NC(C)c2ccc(OCCC(C)C)cc2)cc1NS(C)(=O)=O. The largest absolute Gasteiger partial charge is 0.494 e. The molecule has 0 fully saturated rings. The van der Waals surface area contributed by atoms with Crippen LogP contribution < -0.4 is 14.8 Å². The maximum atomic E-state index is 12.6. The van der Waals surface area contributed by atoms with E-state index in [9.17, 15) is 13.2 Å². The van der Waals surface area contributed by atoms with E-state index >= 15 is 0 Å². The van der Waals surface area contributed by atoms with Gasteiger partial charge in [-0.2, -0.15) is 0 Å². The zero-order valence-electron chi connectivity index (χ0n) is 17.7. The highest BCUT2D eigenvalue weighted by atomic mass is 32.2. The lowest BCUT2D eigenvalue weighted by Crippen LogP contribution is -2.26. The van der Waals surface area contributed by atoms with E-state index in [1.807, 2.05) is 31.2 Å². The summed E-state index contributed by atoms with van der Waals surface area (Å²) in [6, 6.07) is 12.4. The van der Waals surface area contributed by atoms with Crippen LogP contribution in [0.4, 0.5) is 5.69 Å². The van der Waals surface area contributed by atoms with E-state index in [-0.39, 0.29) is 11.9 Å². The van der Waals surface area contributed by atoms with Gasteiger partial charge in [0, 0.05) is 5.56 Å². The van der Waals surface area contributed by atoms with E-state index < -0.39 is 10.0 Å². The van der Waals surface area contributed by atoms with E-state index in [1.165, 1.54) is 0 Å². The Hall–Kier alpha value is -2.54. The van der Waals surface area contributed by atoms with Crippen LogP contribution in [-0.2, 0) is 10.0 Å². The van der Waals surface area contributed by atoms with Crippen molar-refractivity contribution in [2.24, 2.45) is 5.92 Å². The summed E-state index contributed by atoms with van der Waals surface area (Å²) in [5.74, 6) is 1.13. The minimum Gasteiger partial charge on any atom is -0.494 e. The van der Waals surface area contributed by atoms with Crippen LogP contribution in [0.15, 0.2) is 42.5 Å². The fraction of sp³-hybridized carbons (Fsp3) is 0.409. The molecule has 6 nitrogen and oxygen atoms in total. The summed E-state index contributed by atoms with van der Waals surface area (Å²) in [4.78, 5) is 12.6. The van der Waals surface area contributed by atoms with Gasteiger partial charge in [-0.15, -0.1) is 0 Å². The number of aryl methyl sites for hydroxylation is 1. The Morgan fingerprint density at radius 1 is 1.07 bits per heavy atom. The molecule has 1 atom stereocenters. The van der Waals surface area contributed by atoms with Crippen molar-refractivity contribution in [1.82, 2.24) is 5.32 Å². The summed E-state index contributed by atoms with van der Waals surface area (Å²) >= 11 is 0. The van der Waals surface area contributed by atoms with E-state index in [0.29, 0.717) is 23.8 Å². The first kappa shape index (κ1) is 22.7. The van der Waals surface area contributed by atoms with Gasteiger partial charge in [0.15, 0.2) is 0 Å². The van der Waals surface area contributed by atoms with Crippen molar-refractivity contribution in [3.8, 4) is 5.75 Å². The summed E-state index contributed by atoms with van der Waals surface area (Å²) in [5.41, 5.74) is 2.49. The van der Waals surface area contributed by atoms with Crippen LogP contribution in [0.3, 0.4) is 0 Å². The average molecular weight is 419 g/mol. The number of carbonyl (C=O) groups is 1. The van der Waals surface area contributed by atoms with Crippen LogP contribution in [0.2, 0.25) is 0 Å². The monoisotopic (exact) mass is 418 g/mol. The summed E-state index contributed by atoms with van der Waals surface area (Å²) in [6.45, 7) is 8.68. The highest BCUT2D eigenvalue weighted by Crippen LogP contribution is 2.21. The molecule has 0 heterocycles. The van der Waals surface area contributed by atoms with Crippen LogP contribution >= 0.6 is 0 Å². The Kier molecular flexibility index (Phi) is 7.67. The van der Waals surface area contributed by atoms with E-state index in [4.69, 9.17) is 4.74 Å². The summed E-state index contributed by atoms with van der Waals surface area (Å²) < 4.78 is 31.2. The third kappa shape index (κ3) is 7.42. The molecule has 0 aliphatic carbocycles. The van der Waals surface area contributed by atoms with Crippen LogP contribution in [-0.4, -0.2) is 27.2 Å². The molecule has 1 amide bonds. The Labute approximate surface area is 173 Å². The lowest BCUT2D eigenvalue weighted by atomic mass is 10.1. The Balaban J connectivity index is 2.02. The fourth-order valence-corrected chi connectivity index (χ4v) is 3.32. The van der Waals surface area contributed by atoms with Crippen molar-refractivity contribution in [3.05, 3.63) is 59.2 Å². The Morgan fingerprint density at radius 3 is 2.31 bits per heavy atom. The first-order valence-corrected chi connectivity index (χ1v) is 11.6. The van der Waals surface area contributed by atoms with Gasteiger partial charge in [-0.1, -0.05) is 32.0 Å². The molecule has 0 radical (unpaired) electrons. The lowest BCUT2D eigenvalue weighted by molar-refractivity contribution is 0.0940. The molecular formula is C22H30N2O4S. The molecule has 0 aliphatic heterocycles. The fourth-order valence-electron chi connectivity index (χ4n) is 2.70. The van der Waals surface area contributed by atoms with Crippen LogP contribution in [0.25, 0.3) is 0 Å². The minimum absolute atomic E-state index is 0.208. The smallest absolute Gasteiger partial charge is 0.251 e. The number of ether oxygens (including phenoxy) is 1. The maximum absolute atomic E-state index is 12.6. The summed E-state index contributed by atoms with van der Waals surface area (Å²) in [6.07, 6.45) is 2.08.